The number of Topliss-reactive ketones (excluding diaryl/α,β-unsaturated/α-hetero) is 1. The molecule has 2 aromatic rings. The van der Waals surface area contributed by atoms with Gasteiger partial charge in [-0.1, -0.05) is 26.7 Å². The van der Waals surface area contributed by atoms with Crippen LogP contribution in [0.15, 0.2) is 12.4 Å². The molecule has 4 rings (SSSR count). The number of hydrogen-bond donors (Lipinski definition) is 1. The third-order valence-corrected chi connectivity index (χ3v) is 5.15. The Bertz CT molecular complexity index is 831. The summed E-state index contributed by atoms with van der Waals surface area (Å²) < 4.78 is 1.68. The molecule has 2 aromatic heterocycles. The van der Waals surface area contributed by atoms with Gasteiger partial charge in [-0.3, -0.25) is 9.59 Å². The van der Waals surface area contributed by atoms with Gasteiger partial charge in [-0.25, -0.2) is 9.50 Å². The van der Waals surface area contributed by atoms with Crippen LogP contribution < -0.4 is 5.32 Å². The van der Waals surface area contributed by atoms with Gasteiger partial charge in [0.05, 0.1) is 17.5 Å². The summed E-state index contributed by atoms with van der Waals surface area (Å²) in [6.45, 7) is 4.16. The average Bonchev–Trinajstić information content (AvgIpc) is 3.14. The highest BCUT2D eigenvalue weighted by atomic mass is 16.1. The van der Waals surface area contributed by atoms with Crippen molar-refractivity contribution in [1.29, 1.82) is 0 Å². The van der Waals surface area contributed by atoms with Gasteiger partial charge in [0.2, 0.25) is 0 Å². The van der Waals surface area contributed by atoms with E-state index in [1.807, 2.05) is 0 Å². The first-order valence-corrected chi connectivity index (χ1v) is 8.64. The van der Waals surface area contributed by atoms with Crippen molar-refractivity contribution in [3.05, 3.63) is 29.2 Å². The average molecular weight is 326 g/mol. The van der Waals surface area contributed by atoms with E-state index in [-0.39, 0.29) is 23.1 Å². The standard InChI is InChI=1S/C18H22N4O2/c1-18(2)7-14-12(15(23)8-18)9-19-16-13(10-20-22(14)16)17(24)21-11-5-3-4-6-11/h9-11H,3-8H2,1-2H3,(H,21,24). The van der Waals surface area contributed by atoms with Crippen molar-refractivity contribution in [3.8, 4) is 0 Å². The molecule has 0 unspecified atom stereocenters. The third kappa shape index (κ3) is 2.50. The van der Waals surface area contributed by atoms with Crippen molar-refractivity contribution in [2.75, 3.05) is 0 Å². The van der Waals surface area contributed by atoms with E-state index < -0.39 is 0 Å². The monoisotopic (exact) mass is 326 g/mol. The molecule has 0 saturated heterocycles. The second-order valence-electron chi connectivity index (χ2n) is 7.81. The van der Waals surface area contributed by atoms with Gasteiger partial charge in [-0.2, -0.15) is 5.10 Å². The molecular weight excluding hydrogens is 304 g/mol. The predicted octanol–water partition coefficient (Wildman–Crippen LogP) is 2.56. The molecule has 126 valence electrons. The molecule has 1 amide bonds. The fourth-order valence-corrected chi connectivity index (χ4v) is 3.92. The number of carbonyl (C=O) groups is 2. The maximum Gasteiger partial charge on any atom is 0.256 e. The van der Waals surface area contributed by atoms with Crippen LogP contribution >= 0.6 is 0 Å². The lowest BCUT2D eigenvalue weighted by atomic mass is 9.76. The van der Waals surface area contributed by atoms with Gasteiger partial charge in [-0.05, 0) is 24.7 Å². The Hall–Kier alpha value is -2.24. The van der Waals surface area contributed by atoms with Crippen LogP contribution in [0.5, 0.6) is 0 Å². The second-order valence-corrected chi connectivity index (χ2v) is 7.81. The van der Waals surface area contributed by atoms with E-state index in [9.17, 15) is 9.59 Å². The lowest BCUT2D eigenvalue weighted by Crippen LogP contribution is -2.32. The van der Waals surface area contributed by atoms with Crippen molar-refractivity contribution in [3.63, 3.8) is 0 Å². The zero-order valence-corrected chi connectivity index (χ0v) is 14.1. The highest BCUT2D eigenvalue weighted by Gasteiger charge is 2.34. The van der Waals surface area contributed by atoms with E-state index in [0.29, 0.717) is 23.2 Å². The smallest absolute Gasteiger partial charge is 0.256 e. The van der Waals surface area contributed by atoms with Crippen molar-refractivity contribution in [2.24, 2.45) is 5.41 Å². The molecule has 2 aliphatic rings. The minimum absolute atomic E-state index is 0.100. The summed E-state index contributed by atoms with van der Waals surface area (Å²) in [5.41, 5.74) is 2.42. The van der Waals surface area contributed by atoms with Crippen molar-refractivity contribution in [1.82, 2.24) is 19.9 Å². The normalized spacial score (nSPS) is 20.3. The molecular formula is C18H22N4O2. The number of nitrogens with zero attached hydrogens (tertiary/aromatic N) is 3. The Morgan fingerprint density at radius 2 is 2.00 bits per heavy atom. The van der Waals surface area contributed by atoms with E-state index in [1.54, 1.807) is 16.9 Å². The van der Waals surface area contributed by atoms with Crippen molar-refractivity contribution < 1.29 is 9.59 Å². The van der Waals surface area contributed by atoms with Crippen LogP contribution in [0.4, 0.5) is 0 Å². The van der Waals surface area contributed by atoms with Gasteiger partial charge in [0.15, 0.2) is 11.4 Å². The summed E-state index contributed by atoms with van der Waals surface area (Å²) in [7, 11) is 0. The van der Waals surface area contributed by atoms with E-state index >= 15 is 0 Å². The SMILES string of the molecule is CC1(C)CC(=O)c2cnc3c(C(=O)NC4CCCC4)cnn3c2C1. The van der Waals surface area contributed by atoms with Gasteiger partial charge in [0.1, 0.15) is 5.56 Å². The number of amides is 1. The lowest BCUT2D eigenvalue weighted by Gasteiger charge is -2.29. The van der Waals surface area contributed by atoms with Crippen LogP contribution in [0.1, 0.15) is 72.4 Å². The molecule has 1 fully saturated rings. The van der Waals surface area contributed by atoms with E-state index in [4.69, 9.17) is 0 Å². The summed E-state index contributed by atoms with van der Waals surface area (Å²) in [6, 6.07) is 0.255. The minimum Gasteiger partial charge on any atom is -0.349 e. The highest BCUT2D eigenvalue weighted by Crippen LogP contribution is 2.34. The van der Waals surface area contributed by atoms with E-state index in [1.165, 1.54) is 12.8 Å². The number of aromatic nitrogens is 3. The van der Waals surface area contributed by atoms with Crippen LogP contribution in [0, 0.1) is 5.41 Å². The Morgan fingerprint density at radius 3 is 2.75 bits per heavy atom. The lowest BCUT2D eigenvalue weighted by molar-refractivity contribution is 0.0907. The first-order chi connectivity index (χ1) is 11.4. The summed E-state index contributed by atoms with van der Waals surface area (Å²) >= 11 is 0. The van der Waals surface area contributed by atoms with Gasteiger partial charge >= 0.3 is 0 Å². The number of hydrogen-bond acceptors (Lipinski definition) is 4. The Kier molecular flexibility index (Phi) is 3.44. The third-order valence-electron chi connectivity index (χ3n) is 5.15. The number of ketones is 1. The molecule has 0 spiro atoms. The van der Waals surface area contributed by atoms with Crippen LogP contribution in [0.25, 0.3) is 5.65 Å². The van der Waals surface area contributed by atoms with Gasteiger partial charge in [0, 0.05) is 18.7 Å². The topological polar surface area (TPSA) is 76.4 Å². The molecule has 1 saturated carbocycles. The summed E-state index contributed by atoms with van der Waals surface area (Å²) in [5, 5.41) is 7.45. The maximum absolute atomic E-state index is 12.6. The number of rotatable bonds is 2. The highest BCUT2D eigenvalue weighted by molar-refractivity contribution is 6.01. The second kappa shape index (κ2) is 5.40. The van der Waals surface area contributed by atoms with Crippen LogP contribution in [-0.2, 0) is 6.42 Å². The first-order valence-electron chi connectivity index (χ1n) is 8.64. The number of fused-ring (bicyclic) bond motifs is 3. The quantitative estimate of drug-likeness (QED) is 0.920. The van der Waals surface area contributed by atoms with Gasteiger partial charge < -0.3 is 5.32 Å². The summed E-state index contributed by atoms with van der Waals surface area (Å²) in [4.78, 5) is 29.3. The molecule has 1 N–H and O–H groups in total. The Labute approximate surface area is 140 Å². The van der Waals surface area contributed by atoms with Crippen molar-refractivity contribution >= 4 is 17.3 Å². The fourth-order valence-electron chi connectivity index (χ4n) is 3.92. The van der Waals surface area contributed by atoms with Crippen LogP contribution in [0.2, 0.25) is 0 Å². The maximum atomic E-state index is 12.6. The molecule has 6 heteroatoms. The van der Waals surface area contributed by atoms with E-state index in [2.05, 4.69) is 29.2 Å². The molecule has 0 aliphatic heterocycles. The molecule has 0 atom stereocenters. The Balaban J connectivity index is 1.73. The molecule has 6 nitrogen and oxygen atoms in total. The predicted molar refractivity (Wildman–Crippen MR) is 89.1 cm³/mol. The molecule has 24 heavy (non-hydrogen) atoms. The van der Waals surface area contributed by atoms with Crippen molar-refractivity contribution in [2.45, 2.75) is 58.4 Å². The number of nitrogens with one attached hydrogen (secondary N) is 1. The molecule has 2 aliphatic carbocycles. The number of carbonyl (C=O) groups excluding carboxylic acids is 2. The van der Waals surface area contributed by atoms with Crippen LogP contribution in [0.3, 0.4) is 0 Å². The Morgan fingerprint density at radius 1 is 1.25 bits per heavy atom. The minimum atomic E-state index is -0.120. The van der Waals surface area contributed by atoms with Gasteiger partial charge in [0.25, 0.3) is 5.91 Å². The summed E-state index contributed by atoms with van der Waals surface area (Å²) in [6.07, 6.45) is 8.86. The zero-order valence-electron chi connectivity index (χ0n) is 14.1. The summed E-state index contributed by atoms with van der Waals surface area (Å²) in [5.74, 6) is -0.0196. The molecule has 0 radical (unpaired) electrons. The molecule has 2 heterocycles. The van der Waals surface area contributed by atoms with Crippen LogP contribution in [-0.4, -0.2) is 32.3 Å². The largest absolute Gasteiger partial charge is 0.349 e. The first kappa shape index (κ1) is 15.3. The fraction of sp³-hybridized carbons (Fsp3) is 0.556. The van der Waals surface area contributed by atoms with Gasteiger partial charge in [-0.15, -0.1) is 0 Å². The molecule has 0 bridgehead atoms. The molecule has 0 aromatic carbocycles. The zero-order chi connectivity index (χ0) is 16.9. The van der Waals surface area contributed by atoms with E-state index in [0.717, 1.165) is 25.0 Å².